The molecule has 1 saturated heterocycles. The molecule has 2 rings (SSSR count). The number of hydrogen-bond acceptors (Lipinski definition) is 3. The van der Waals surface area contributed by atoms with Crippen LogP contribution in [-0.2, 0) is 14.4 Å². The van der Waals surface area contributed by atoms with E-state index in [1.54, 1.807) is 24.3 Å². The Morgan fingerprint density at radius 3 is 2.44 bits per heavy atom. The average Bonchev–Trinajstić information content (AvgIpc) is 2.28. The van der Waals surface area contributed by atoms with Crippen molar-refractivity contribution in [2.75, 3.05) is 0 Å². The summed E-state index contributed by atoms with van der Waals surface area (Å²) in [6, 6.07) is 6.95. The minimum absolute atomic E-state index is 0.00430. The Morgan fingerprint density at radius 1 is 1.28 bits per heavy atom. The minimum Gasteiger partial charge on any atom is -0.481 e. The third kappa shape index (κ3) is 2.43. The summed E-state index contributed by atoms with van der Waals surface area (Å²) in [6.45, 7) is 0. The first kappa shape index (κ1) is 12.8. The maximum Gasteiger partial charge on any atom is 0.316 e. The number of carbonyl (C=O) groups excluding carboxylic acids is 2. The molecule has 0 spiro atoms. The van der Waals surface area contributed by atoms with Crippen LogP contribution in [0.25, 0.3) is 0 Å². The van der Waals surface area contributed by atoms with E-state index in [4.69, 9.17) is 5.11 Å². The number of carbonyl (C=O) groups is 3. The van der Waals surface area contributed by atoms with E-state index >= 15 is 0 Å². The van der Waals surface area contributed by atoms with Gasteiger partial charge in [-0.2, -0.15) is 0 Å². The average molecular weight is 312 g/mol. The van der Waals surface area contributed by atoms with Gasteiger partial charge >= 0.3 is 5.97 Å². The van der Waals surface area contributed by atoms with Crippen molar-refractivity contribution in [1.29, 1.82) is 0 Å². The Kier molecular flexibility index (Phi) is 3.47. The number of piperidine rings is 1. The van der Waals surface area contributed by atoms with Gasteiger partial charge in [0.05, 0.1) is 0 Å². The van der Waals surface area contributed by atoms with Crippen LogP contribution in [0.15, 0.2) is 28.7 Å². The van der Waals surface area contributed by atoms with Crippen molar-refractivity contribution in [3.8, 4) is 0 Å². The number of nitrogens with one attached hydrogen (secondary N) is 1. The van der Waals surface area contributed by atoms with Gasteiger partial charge in [0.25, 0.3) is 0 Å². The quantitative estimate of drug-likeness (QED) is 0.636. The summed E-state index contributed by atoms with van der Waals surface area (Å²) >= 11 is 3.27. The molecule has 1 aromatic rings. The van der Waals surface area contributed by atoms with Crippen molar-refractivity contribution in [2.45, 2.75) is 12.3 Å². The third-order valence-corrected chi connectivity index (χ3v) is 3.45. The highest BCUT2D eigenvalue weighted by Crippen LogP contribution is 2.32. The van der Waals surface area contributed by atoms with Gasteiger partial charge < -0.3 is 5.11 Å². The molecule has 0 radical (unpaired) electrons. The van der Waals surface area contributed by atoms with Crippen LogP contribution >= 0.6 is 15.9 Å². The molecule has 0 aromatic heterocycles. The van der Waals surface area contributed by atoms with Gasteiger partial charge in [0.1, 0.15) is 5.92 Å². The van der Waals surface area contributed by atoms with E-state index in [9.17, 15) is 14.4 Å². The fourth-order valence-corrected chi connectivity index (χ4v) is 2.34. The molecular formula is C12H10BrNO4. The minimum atomic E-state index is -1.22. The topological polar surface area (TPSA) is 83.5 Å². The molecule has 18 heavy (non-hydrogen) atoms. The van der Waals surface area contributed by atoms with E-state index in [-0.39, 0.29) is 6.42 Å². The molecule has 1 heterocycles. The lowest BCUT2D eigenvalue weighted by Crippen LogP contribution is -2.47. The summed E-state index contributed by atoms with van der Waals surface area (Å²) < 4.78 is 0.852. The van der Waals surface area contributed by atoms with Crippen molar-refractivity contribution >= 4 is 33.7 Å². The van der Waals surface area contributed by atoms with E-state index in [2.05, 4.69) is 21.2 Å². The molecule has 1 aliphatic rings. The number of aliphatic carboxylic acids is 1. The number of benzene rings is 1. The fourth-order valence-electron chi connectivity index (χ4n) is 2.07. The van der Waals surface area contributed by atoms with Crippen molar-refractivity contribution < 1.29 is 19.5 Å². The van der Waals surface area contributed by atoms with Crippen molar-refractivity contribution in [3.63, 3.8) is 0 Å². The summed E-state index contributed by atoms with van der Waals surface area (Å²) in [5, 5.41) is 11.2. The molecule has 2 atom stereocenters. The lowest BCUT2D eigenvalue weighted by molar-refractivity contribution is -0.151. The van der Waals surface area contributed by atoms with Crippen LogP contribution in [0.5, 0.6) is 0 Å². The summed E-state index contributed by atoms with van der Waals surface area (Å²) in [7, 11) is 0. The van der Waals surface area contributed by atoms with Gasteiger partial charge in [0.2, 0.25) is 11.8 Å². The van der Waals surface area contributed by atoms with E-state index in [0.717, 1.165) is 4.47 Å². The molecule has 2 unspecified atom stereocenters. The van der Waals surface area contributed by atoms with E-state index in [1.165, 1.54) is 0 Å². The van der Waals surface area contributed by atoms with Crippen LogP contribution in [0.1, 0.15) is 17.9 Å². The summed E-state index contributed by atoms with van der Waals surface area (Å²) in [5.41, 5.74) is 0.675. The summed E-state index contributed by atoms with van der Waals surface area (Å²) in [5.74, 6) is -4.23. The van der Waals surface area contributed by atoms with Crippen molar-refractivity contribution in [1.82, 2.24) is 5.32 Å². The largest absolute Gasteiger partial charge is 0.481 e. The van der Waals surface area contributed by atoms with Crippen LogP contribution < -0.4 is 5.32 Å². The molecule has 0 bridgehead atoms. The van der Waals surface area contributed by atoms with Gasteiger partial charge in [-0.25, -0.2) is 0 Å². The fraction of sp³-hybridized carbons (Fsp3) is 0.250. The van der Waals surface area contributed by atoms with E-state index < -0.39 is 29.6 Å². The molecule has 0 aliphatic carbocycles. The Morgan fingerprint density at radius 2 is 1.89 bits per heavy atom. The number of amides is 2. The number of imide groups is 1. The highest BCUT2D eigenvalue weighted by molar-refractivity contribution is 9.10. The van der Waals surface area contributed by atoms with Crippen molar-refractivity contribution in [2.24, 2.45) is 5.92 Å². The Bertz CT molecular complexity index is 511. The Balaban J connectivity index is 2.37. The predicted octanol–water partition coefficient (Wildman–Crippen LogP) is 1.28. The monoisotopic (exact) mass is 311 g/mol. The molecule has 5 nitrogen and oxygen atoms in total. The zero-order valence-corrected chi connectivity index (χ0v) is 10.8. The van der Waals surface area contributed by atoms with Gasteiger partial charge in [-0.05, 0) is 17.7 Å². The summed E-state index contributed by atoms with van der Waals surface area (Å²) in [6.07, 6.45) is 0.00430. The first-order valence-electron chi connectivity index (χ1n) is 5.31. The smallest absolute Gasteiger partial charge is 0.316 e. The molecule has 6 heteroatoms. The number of hydrogen-bond donors (Lipinski definition) is 2. The first-order valence-corrected chi connectivity index (χ1v) is 6.10. The highest BCUT2D eigenvalue weighted by Gasteiger charge is 2.41. The molecule has 0 saturated carbocycles. The summed E-state index contributed by atoms with van der Waals surface area (Å²) in [4.78, 5) is 34.1. The first-order chi connectivity index (χ1) is 8.49. The van der Waals surface area contributed by atoms with Crippen LogP contribution in [0.4, 0.5) is 0 Å². The second kappa shape index (κ2) is 4.89. The molecular weight excluding hydrogens is 302 g/mol. The third-order valence-electron chi connectivity index (χ3n) is 2.92. The highest BCUT2D eigenvalue weighted by atomic mass is 79.9. The Hall–Kier alpha value is -1.69. The van der Waals surface area contributed by atoms with Gasteiger partial charge in [0.15, 0.2) is 0 Å². The maximum absolute atomic E-state index is 11.6. The Labute approximate surface area is 111 Å². The van der Waals surface area contributed by atoms with Crippen LogP contribution in [0.3, 0.4) is 0 Å². The number of halogens is 1. The molecule has 1 aliphatic heterocycles. The zero-order chi connectivity index (χ0) is 13.3. The lowest BCUT2D eigenvalue weighted by atomic mass is 9.80. The van der Waals surface area contributed by atoms with E-state index in [1.807, 2.05) is 0 Å². The normalized spacial score (nSPS) is 23.6. The number of rotatable bonds is 2. The van der Waals surface area contributed by atoms with Gasteiger partial charge in [-0.1, -0.05) is 28.1 Å². The van der Waals surface area contributed by atoms with Gasteiger partial charge in [-0.3, -0.25) is 19.7 Å². The standard InChI is InChI=1S/C12H10BrNO4/c13-7-3-1-6(2-4-7)8-5-9(15)14-11(16)10(8)12(17)18/h1-4,8,10H,5H2,(H,17,18)(H,14,15,16). The maximum atomic E-state index is 11.6. The molecule has 2 N–H and O–H groups in total. The molecule has 1 fully saturated rings. The molecule has 2 amide bonds. The zero-order valence-electron chi connectivity index (χ0n) is 9.22. The van der Waals surface area contributed by atoms with Gasteiger partial charge in [-0.15, -0.1) is 0 Å². The number of carboxylic acid groups (broad SMARTS) is 1. The van der Waals surface area contributed by atoms with Gasteiger partial charge in [0, 0.05) is 16.8 Å². The molecule has 1 aromatic carbocycles. The van der Waals surface area contributed by atoms with Crippen molar-refractivity contribution in [3.05, 3.63) is 34.3 Å². The predicted molar refractivity (Wildman–Crippen MR) is 65.8 cm³/mol. The van der Waals surface area contributed by atoms with Crippen LogP contribution in [-0.4, -0.2) is 22.9 Å². The second-order valence-electron chi connectivity index (χ2n) is 4.09. The SMILES string of the molecule is O=C1CC(c2ccc(Br)cc2)C(C(=O)O)C(=O)N1. The number of carboxylic acids is 1. The lowest BCUT2D eigenvalue weighted by Gasteiger charge is -2.27. The second-order valence-corrected chi connectivity index (χ2v) is 5.01. The molecule has 94 valence electrons. The van der Waals surface area contributed by atoms with Crippen LogP contribution in [0, 0.1) is 5.92 Å². The van der Waals surface area contributed by atoms with Crippen LogP contribution in [0.2, 0.25) is 0 Å². The van der Waals surface area contributed by atoms with E-state index in [0.29, 0.717) is 5.56 Å².